The molecule has 684 valence electrons. The third-order valence-electron chi connectivity index (χ3n) is 20.6. The van der Waals surface area contributed by atoms with Crippen LogP contribution in [0.3, 0.4) is 0 Å². The van der Waals surface area contributed by atoms with Gasteiger partial charge in [-0.25, -0.2) is 34.9 Å². The highest BCUT2D eigenvalue weighted by molar-refractivity contribution is 7.95. The lowest BCUT2D eigenvalue weighted by atomic mass is 9.80. The molecule has 0 unspecified atom stereocenters. The van der Waals surface area contributed by atoms with Gasteiger partial charge < -0.3 is 76.7 Å². The van der Waals surface area contributed by atoms with E-state index < -0.39 is 174 Å². The zero-order chi connectivity index (χ0) is 95.9. The Labute approximate surface area is 766 Å². The number of carbonyl (C=O) groups is 8. The third kappa shape index (κ3) is 18.7. The Bertz CT molecular complexity index is 7780. The van der Waals surface area contributed by atoms with Crippen molar-refractivity contribution in [3.63, 3.8) is 0 Å². The SMILES string of the molecule is Cn1c(=O)c(C(=O)c2cccc(SOOO)c2)c2c3c(c(Nc4cc(Nc5nc(NCCNc6nc(Nc7cc(Nc8ccc9c%10c8C(=O)c8ccccc8-c%10c(C(=O)c8cccc(S(=O)(=O)O)c8)c(=O)n9C)c(S(=O)(=O)O)cc7SOOO)nc(Oc7cc(C(=O)O)cc(C(=O)O)c7)n6)nc(Oc6cc(C(=O)O)cc(C(=O)O)c6)n5)c(N)cc4SOOO)ccc31)C(=O)c1ccccc1-2. The van der Waals surface area contributed by atoms with E-state index in [-0.39, 0.29) is 152 Å². The van der Waals surface area contributed by atoms with Gasteiger partial charge in [0.05, 0.1) is 146 Å². The number of ether oxygens (including phenoxy) is 2. The van der Waals surface area contributed by atoms with E-state index in [1.54, 1.807) is 18.2 Å². The molecular weight excluding hydrogens is 1880 g/mol. The minimum atomic E-state index is -5.44. The average molecular weight is 1930 g/mol. The lowest BCUT2D eigenvalue weighted by Gasteiger charge is -2.26. The van der Waals surface area contributed by atoms with Crippen LogP contribution in [0, 0.1) is 0 Å². The number of pyridine rings is 2. The minimum absolute atomic E-state index is 0.00676. The molecule has 14 aromatic rings. The molecular formula is C84H57N15O31S5. The average Bonchev–Trinajstić information content (AvgIpc) is 0.708. The van der Waals surface area contributed by atoms with Crippen molar-refractivity contribution < 1.29 is 138 Å². The summed E-state index contributed by atoms with van der Waals surface area (Å²) < 4.78 is 101. The molecule has 51 heteroatoms. The molecule has 0 amide bonds. The lowest BCUT2D eigenvalue weighted by Crippen LogP contribution is -2.29. The van der Waals surface area contributed by atoms with Gasteiger partial charge in [0.15, 0.2) is 23.1 Å². The summed E-state index contributed by atoms with van der Waals surface area (Å²) in [6, 6.07) is 36.1. The van der Waals surface area contributed by atoms with Crippen molar-refractivity contribution in [1.29, 1.82) is 0 Å². The van der Waals surface area contributed by atoms with Crippen molar-refractivity contribution in [3.8, 4) is 45.8 Å². The van der Waals surface area contributed by atoms with Crippen molar-refractivity contribution in [2.24, 2.45) is 14.1 Å². The maximum absolute atomic E-state index is 15.2. The van der Waals surface area contributed by atoms with Gasteiger partial charge >= 0.3 is 35.9 Å². The first-order chi connectivity index (χ1) is 64.5. The number of aromatic nitrogens is 8. The molecule has 17 N–H and O–H groups in total. The number of fused-ring (bicyclic) bond motifs is 4. The number of hydrogen-bond acceptors (Lipinski definition) is 41. The summed E-state index contributed by atoms with van der Waals surface area (Å²) in [5.41, 5.74) is 0.323. The lowest BCUT2D eigenvalue weighted by molar-refractivity contribution is -0.432. The Morgan fingerprint density at radius 3 is 1.26 bits per heavy atom. The molecule has 0 saturated carbocycles. The maximum Gasteiger partial charge on any atom is 0.335 e. The maximum atomic E-state index is 15.2. The fraction of sp³-hybridized carbons (Fsp3) is 0.0476. The molecule has 135 heavy (non-hydrogen) atoms. The highest BCUT2D eigenvalue weighted by Crippen LogP contribution is 2.49. The van der Waals surface area contributed by atoms with E-state index in [1.165, 1.54) is 116 Å². The highest BCUT2D eigenvalue weighted by atomic mass is 32.2. The van der Waals surface area contributed by atoms with E-state index in [1.807, 2.05) is 0 Å². The number of nitrogens with one attached hydrogen (secondary N) is 6. The van der Waals surface area contributed by atoms with Gasteiger partial charge in [0, 0.05) is 76.2 Å². The molecule has 0 spiro atoms. The molecule has 46 nitrogen and oxygen atoms in total. The third-order valence-corrected chi connectivity index (χ3v) is 24.2. The summed E-state index contributed by atoms with van der Waals surface area (Å²) in [7, 11) is -7.67. The van der Waals surface area contributed by atoms with Crippen LogP contribution in [-0.2, 0) is 62.4 Å². The number of aryl methyl sites for hydroxylation is 2. The van der Waals surface area contributed by atoms with Gasteiger partial charge in [-0.2, -0.15) is 46.7 Å². The molecule has 0 atom stereocenters. The van der Waals surface area contributed by atoms with E-state index in [4.69, 9.17) is 29.1 Å². The predicted molar refractivity (Wildman–Crippen MR) is 475 cm³/mol. The Kier molecular flexibility index (Phi) is 25.7. The Morgan fingerprint density at radius 1 is 0.400 bits per heavy atom. The molecule has 16 rings (SSSR count). The zero-order valence-corrected chi connectivity index (χ0v) is 72.0. The highest BCUT2D eigenvalue weighted by Gasteiger charge is 2.38. The second-order valence-corrected chi connectivity index (χ2v) is 33.7. The van der Waals surface area contributed by atoms with Gasteiger partial charge in [-0.15, -0.1) is 13.0 Å². The number of nitrogens with zero attached hydrogens (tertiary/aromatic N) is 8. The number of anilines is 11. The molecule has 0 radical (unpaired) electrons. The van der Waals surface area contributed by atoms with Crippen molar-refractivity contribution in [1.82, 2.24) is 39.0 Å². The van der Waals surface area contributed by atoms with Crippen molar-refractivity contribution >= 4 is 189 Å². The second-order valence-electron chi connectivity index (χ2n) is 28.7. The monoisotopic (exact) mass is 1930 g/mol. The largest absolute Gasteiger partial charge is 0.478 e. The first-order valence-electron chi connectivity index (χ1n) is 38.2. The van der Waals surface area contributed by atoms with E-state index in [0.717, 1.165) is 71.3 Å². The summed E-state index contributed by atoms with van der Waals surface area (Å²) >= 11 is 1.08. The fourth-order valence-electron chi connectivity index (χ4n) is 14.8. The van der Waals surface area contributed by atoms with Crippen LogP contribution >= 0.6 is 36.1 Å². The Balaban J connectivity index is 0.758. The molecule has 4 aromatic heterocycles. The normalized spacial score (nSPS) is 11.9. The smallest absolute Gasteiger partial charge is 0.335 e. The van der Waals surface area contributed by atoms with Crippen molar-refractivity contribution in [2.75, 3.05) is 50.7 Å². The quantitative estimate of drug-likeness (QED) is 0.00330. The Hall–Kier alpha value is -16.1. The van der Waals surface area contributed by atoms with Gasteiger partial charge in [-0.1, -0.05) is 87.9 Å². The molecule has 2 aliphatic rings. The van der Waals surface area contributed by atoms with Crippen LogP contribution in [0.2, 0.25) is 0 Å². The number of carbonyl (C=O) groups excluding carboxylic acids is 4. The topological polar surface area (TPSA) is 680 Å². The molecule has 2 aliphatic carbocycles. The molecule has 4 heterocycles. The number of hydrogen-bond donors (Lipinski definition) is 16. The number of nitrogens with two attached hydrogens (primary N) is 1. The Morgan fingerprint density at radius 2 is 0.807 bits per heavy atom. The number of aromatic carboxylic acids is 4. The van der Waals surface area contributed by atoms with Crippen molar-refractivity contribution in [3.05, 3.63) is 269 Å². The first kappa shape index (κ1) is 92.2. The van der Waals surface area contributed by atoms with E-state index in [0.29, 0.717) is 24.1 Å². The summed E-state index contributed by atoms with van der Waals surface area (Å²) in [6.45, 7) is -0.671. The number of nitrogen functional groups attached to an aromatic ring is 1. The first-order valence-corrected chi connectivity index (χ1v) is 43.3. The molecule has 0 fully saturated rings. The summed E-state index contributed by atoms with van der Waals surface area (Å²) in [5.74, 6) is -12.4. The van der Waals surface area contributed by atoms with Crippen LogP contribution in [-0.4, -0.2) is 161 Å². The molecule has 0 aliphatic heterocycles. The van der Waals surface area contributed by atoms with Crippen LogP contribution in [0.5, 0.6) is 23.5 Å². The molecule has 0 bridgehead atoms. The van der Waals surface area contributed by atoms with Gasteiger partial charge in [-0.3, -0.25) is 37.9 Å². The number of rotatable bonds is 36. The minimum Gasteiger partial charge on any atom is -0.478 e. The van der Waals surface area contributed by atoms with E-state index in [9.17, 15) is 95.2 Å². The molecule has 0 saturated heterocycles. The number of carboxylic acids is 4. The van der Waals surface area contributed by atoms with Gasteiger partial charge in [0.25, 0.3) is 31.4 Å². The van der Waals surface area contributed by atoms with Crippen LogP contribution in [0.4, 0.5) is 63.6 Å². The summed E-state index contributed by atoms with van der Waals surface area (Å²) in [6.07, 6.45) is 0. The van der Waals surface area contributed by atoms with E-state index in [2.05, 4.69) is 81.3 Å². The molecule has 10 aromatic carbocycles. The van der Waals surface area contributed by atoms with Gasteiger partial charge in [0.2, 0.25) is 23.8 Å². The summed E-state index contributed by atoms with van der Waals surface area (Å²) in [5, 5.41) is 97.3. The van der Waals surface area contributed by atoms with E-state index >= 15 is 9.59 Å². The van der Waals surface area contributed by atoms with Crippen LogP contribution < -0.4 is 58.2 Å². The van der Waals surface area contributed by atoms with Gasteiger partial charge in [-0.05, 0) is 120 Å². The van der Waals surface area contributed by atoms with Gasteiger partial charge in [0.1, 0.15) is 16.4 Å². The number of carboxylic acid groups (broad SMARTS) is 4. The van der Waals surface area contributed by atoms with Crippen molar-refractivity contribution in [2.45, 2.75) is 24.5 Å². The number of ketones is 4. The number of benzene rings is 10. The second kappa shape index (κ2) is 37.6. The van der Waals surface area contributed by atoms with Crippen LogP contribution in [0.15, 0.2) is 216 Å². The van der Waals surface area contributed by atoms with Crippen LogP contribution in [0.25, 0.3) is 44.1 Å². The van der Waals surface area contributed by atoms with Crippen LogP contribution in [0.1, 0.15) is 105 Å². The summed E-state index contributed by atoms with van der Waals surface area (Å²) in [4.78, 5) is 163. The predicted octanol–water partition coefficient (Wildman–Crippen LogP) is 12.9. The zero-order valence-electron chi connectivity index (χ0n) is 67.9. The standard InChI is InChI=1S/C84H57N15O31S5/c1-98-56-19-17-50(63-65(56)61(45-13-3-5-15-47(45)71(63)102)67(73(98)104)69(100)35-9-7-11-43(29-35)131-128-125-114)88-53-32-52(49(85)31-58(53)132-129-126-115)90-81-92-79(94-83(96-81)123-41-25-37(75(106)107)23-38(26-41)76(108)109)86-21-22-87-80-93-82(97-84(95-80)124-42-27-39(77(110)111)24-40(28-42)78(112)113)91-54-33-55(60(135(120,121)122)34-59(54)133-130-127-116)89-51-18-20-57-66-62(46-14-4-6-16-48(46)72(103)64(51)66)68(74(105)99(57)2)70(101)36-10-8-12-44(30-36)134(117,118)119/h3-20,23-34,88-89,114-116H,21-22,85H2,1-2H3,(H,106,107)(H,108,109)(H,110,111)(H,112,113)(H,117,118,119)(H,120,121,122)(H2,86,90,92,94,96)(H2,87,91,93,95,97). The fourth-order valence-corrected chi connectivity index (χ4v) is 17.4.